The Hall–Kier alpha value is -1.37. The summed E-state index contributed by atoms with van der Waals surface area (Å²) in [7, 11) is 0. The van der Waals surface area contributed by atoms with Gasteiger partial charge in [-0.25, -0.2) is 4.98 Å². The van der Waals surface area contributed by atoms with Crippen LogP contribution < -0.4 is 5.32 Å². The first-order valence-corrected chi connectivity index (χ1v) is 7.82. The molecule has 0 saturated carbocycles. The van der Waals surface area contributed by atoms with E-state index in [0.717, 1.165) is 15.1 Å². The summed E-state index contributed by atoms with van der Waals surface area (Å²) in [5.41, 5.74) is 2.24. The highest BCUT2D eigenvalue weighted by molar-refractivity contribution is 9.11. The predicted octanol–water partition coefficient (Wildman–Crippen LogP) is 3.74. The summed E-state index contributed by atoms with van der Waals surface area (Å²) in [6.07, 6.45) is 3.64. The summed E-state index contributed by atoms with van der Waals surface area (Å²) < 4.78 is 2.77. The molecule has 7 heteroatoms. The van der Waals surface area contributed by atoms with E-state index in [1.54, 1.807) is 18.3 Å². The quantitative estimate of drug-likeness (QED) is 0.763. The van der Waals surface area contributed by atoms with Crippen LogP contribution in [0.2, 0.25) is 5.02 Å². The van der Waals surface area contributed by atoms with Crippen molar-refractivity contribution in [2.75, 3.05) is 0 Å². The van der Waals surface area contributed by atoms with Crippen LogP contribution in [-0.4, -0.2) is 15.3 Å². The maximum Gasteiger partial charge on any atom is 0.252 e. The van der Waals surface area contributed by atoms with Crippen molar-refractivity contribution in [3.63, 3.8) is 0 Å². The molecule has 3 rings (SSSR count). The second-order valence-corrected chi connectivity index (χ2v) is 6.89. The maximum absolute atomic E-state index is 11.9. The minimum atomic E-state index is -0.109. The number of carbonyl (C=O) groups excluding carboxylic acids is 1. The van der Waals surface area contributed by atoms with Gasteiger partial charge in [0.1, 0.15) is 5.65 Å². The van der Waals surface area contributed by atoms with Crippen molar-refractivity contribution >= 4 is 50.4 Å². The van der Waals surface area contributed by atoms with Gasteiger partial charge in [-0.3, -0.25) is 4.79 Å². The number of aromatic nitrogens is 2. The third kappa shape index (κ3) is 2.87. The lowest BCUT2D eigenvalue weighted by atomic mass is 10.3. The van der Waals surface area contributed by atoms with Crippen LogP contribution in [0.5, 0.6) is 0 Å². The molecule has 0 aromatic carbocycles. The Morgan fingerprint density at radius 3 is 3.05 bits per heavy atom. The zero-order chi connectivity index (χ0) is 14.1. The molecule has 3 aromatic heterocycles. The number of halogens is 2. The van der Waals surface area contributed by atoms with E-state index in [-0.39, 0.29) is 5.91 Å². The minimum absolute atomic E-state index is 0.109. The Bertz CT molecular complexity index is 783. The molecular weight excluding hydrogens is 362 g/mol. The molecule has 3 aromatic rings. The molecule has 0 aliphatic carbocycles. The van der Waals surface area contributed by atoms with Crippen molar-refractivity contribution in [2.24, 2.45) is 0 Å². The lowest BCUT2D eigenvalue weighted by Crippen LogP contribution is -2.22. The molecule has 0 saturated heterocycles. The topological polar surface area (TPSA) is 46.4 Å². The zero-order valence-corrected chi connectivity index (χ0v) is 13.3. The fraction of sp³-hybridized carbons (Fsp3) is 0.0769. The number of thiophene rings is 1. The highest BCUT2D eigenvalue weighted by Gasteiger charge is 2.09. The number of hydrogen-bond donors (Lipinski definition) is 1. The van der Waals surface area contributed by atoms with E-state index < -0.39 is 0 Å². The first kappa shape index (κ1) is 13.6. The predicted molar refractivity (Wildman–Crippen MR) is 83.4 cm³/mol. The highest BCUT2D eigenvalue weighted by Crippen LogP contribution is 2.20. The number of pyridine rings is 1. The van der Waals surface area contributed by atoms with Gasteiger partial charge in [0.05, 0.1) is 26.6 Å². The number of amides is 1. The van der Waals surface area contributed by atoms with Gasteiger partial charge in [0.2, 0.25) is 0 Å². The van der Waals surface area contributed by atoms with Crippen LogP contribution >= 0.6 is 38.9 Å². The number of nitrogens with one attached hydrogen (secondary N) is 1. The molecule has 0 aliphatic rings. The molecule has 0 aliphatic heterocycles. The van der Waals surface area contributed by atoms with Gasteiger partial charge in [0, 0.05) is 17.8 Å². The van der Waals surface area contributed by atoms with Gasteiger partial charge >= 0.3 is 0 Å². The summed E-state index contributed by atoms with van der Waals surface area (Å²) >= 11 is 10.7. The van der Waals surface area contributed by atoms with Gasteiger partial charge in [-0.1, -0.05) is 11.6 Å². The molecule has 0 fully saturated rings. The molecule has 1 N–H and O–H groups in total. The van der Waals surface area contributed by atoms with E-state index in [1.807, 2.05) is 22.0 Å². The molecule has 20 heavy (non-hydrogen) atoms. The highest BCUT2D eigenvalue weighted by atomic mass is 79.9. The Balaban J connectivity index is 1.72. The summed E-state index contributed by atoms with van der Waals surface area (Å²) in [5.74, 6) is -0.109. The minimum Gasteiger partial charge on any atom is -0.346 e. The smallest absolute Gasteiger partial charge is 0.252 e. The van der Waals surface area contributed by atoms with Gasteiger partial charge in [-0.05, 0) is 34.1 Å². The van der Waals surface area contributed by atoms with Crippen LogP contribution in [0, 0.1) is 0 Å². The van der Waals surface area contributed by atoms with Crippen LogP contribution in [0.15, 0.2) is 39.8 Å². The van der Waals surface area contributed by atoms with Crippen LogP contribution in [0.3, 0.4) is 0 Å². The van der Waals surface area contributed by atoms with Crippen molar-refractivity contribution in [3.8, 4) is 0 Å². The normalized spacial score (nSPS) is 10.9. The Morgan fingerprint density at radius 1 is 1.45 bits per heavy atom. The van der Waals surface area contributed by atoms with Crippen molar-refractivity contribution in [1.82, 2.24) is 14.7 Å². The average Bonchev–Trinajstić information content (AvgIpc) is 3.01. The molecular formula is C13H9BrClN3OS. The molecule has 0 unspecified atom stereocenters. The van der Waals surface area contributed by atoms with E-state index >= 15 is 0 Å². The van der Waals surface area contributed by atoms with Crippen LogP contribution in [-0.2, 0) is 6.54 Å². The summed E-state index contributed by atoms with van der Waals surface area (Å²) in [6, 6.07) is 5.42. The fourth-order valence-corrected chi connectivity index (χ4v) is 3.11. The van der Waals surface area contributed by atoms with Crippen molar-refractivity contribution < 1.29 is 4.79 Å². The fourth-order valence-electron chi connectivity index (χ4n) is 1.80. The number of hydrogen-bond acceptors (Lipinski definition) is 3. The lowest BCUT2D eigenvalue weighted by Gasteiger charge is -2.00. The van der Waals surface area contributed by atoms with Gasteiger partial charge in [0.25, 0.3) is 5.91 Å². The molecule has 0 radical (unpaired) electrons. The SMILES string of the molecule is O=C(NCc1cn2cc(Cl)ccc2n1)c1csc(Br)c1. The third-order valence-corrected chi connectivity index (χ3v) is 4.45. The number of rotatable bonds is 3. The number of carbonyl (C=O) groups is 1. The zero-order valence-electron chi connectivity index (χ0n) is 10.1. The standard InChI is InChI=1S/C13H9BrClN3OS/c14-11-3-8(7-20-11)13(19)16-4-10-6-18-5-9(15)1-2-12(18)17-10/h1-3,5-7H,4H2,(H,16,19). The molecule has 3 heterocycles. The Morgan fingerprint density at radius 2 is 2.30 bits per heavy atom. The monoisotopic (exact) mass is 369 g/mol. The molecule has 0 bridgehead atoms. The molecule has 1 amide bonds. The third-order valence-electron chi connectivity index (χ3n) is 2.72. The molecule has 0 spiro atoms. The van der Waals surface area contributed by atoms with Gasteiger partial charge in [-0.2, -0.15) is 0 Å². The van der Waals surface area contributed by atoms with Crippen molar-refractivity contribution in [1.29, 1.82) is 0 Å². The van der Waals surface area contributed by atoms with Crippen molar-refractivity contribution in [2.45, 2.75) is 6.54 Å². The molecule has 0 atom stereocenters. The lowest BCUT2D eigenvalue weighted by molar-refractivity contribution is 0.0951. The van der Waals surface area contributed by atoms with E-state index in [9.17, 15) is 4.79 Å². The Kier molecular flexibility index (Phi) is 3.78. The first-order chi connectivity index (χ1) is 9.61. The summed E-state index contributed by atoms with van der Waals surface area (Å²) in [5, 5.41) is 5.30. The van der Waals surface area contributed by atoms with Crippen molar-refractivity contribution in [3.05, 3.63) is 56.0 Å². The van der Waals surface area contributed by atoms with E-state index in [1.165, 1.54) is 11.3 Å². The van der Waals surface area contributed by atoms with Gasteiger partial charge in [-0.15, -0.1) is 11.3 Å². The maximum atomic E-state index is 11.9. The van der Waals surface area contributed by atoms with Crippen LogP contribution in [0.1, 0.15) is 16.1 Å². The van der Waals surface area contributed by atoms with Crippen LogP contribution in [0.25, 0.3) is 5.65 Å². The summed E-state index contributed by atoms with van der Waals surface area (Å²) in [4.78, 5) is 16.3. The molecule has 102 valence electrons. The van der Waals surface area contributed by atoms with E-state index in [4.69, 9.17) is 11.6 Å². The van der Waals surface area contributed by atoms with E-state index in [0.29, 0.717) is 17.1 Å². The number of nitrogens with zero attached hydrogens (tertiary/aromatic N) is 2. The first-order valence-electron chi connectivity index (χ1n) is 5.77. The average molecular weight is 371 g/mol. The van der Waals surface area contributed by atoms with E-state index in [2.05, 4.69) is 26.2 Å². The molecule has 4 nitrogen and oxygen atoms in total. The van der Waals surface area contributed by atoms with Gasteiger partial charge < -0.3 is 9.72 Å². The second-order valence-electron chi connectivity index (χ2n) is 4.17. The largest absolute Gasteiger partial charge is 0.346 e. The summed E-state index contributed by atoms with van der Waals surface area (Å²) in [6.45, 7) is 0.381. The van der Waals surface area contributed by atoms with Gasteiger partial charge in [0.15, 0.2) is 0 Å². The number of imidazole rings is 1. The Labute approximate surface area is 132 Å². The van der Waals surface area contributed by atoms with Crippen LogP contribution in [0.4, 0.5) is 0 Å². The number of fused-ring (bicyclic) bond motifs is 1. The second kappa shape index (κ2) is 5.55.